The van der Waals surface area contributed by atoms with Gasteiger partial charge >= 0.3 is 6.16 Å². The zero-order valence-electron chi connectivity index (χ0n) is 6.64. The van der Waals surface area contributed by atoms with Gasteiger partial charge in [0.05, 0.1) is 0 Å². The summed E-state index contributed by atoms with van der Waals surface area (Å²) in [6.07, 6.45) is 1.86. The van der Waals surface area contributed by atoms with Crippen LogP contribution in [0, 0.1) is 0 Å². The number of allylic oxidation sites excluding steroid dienone is 2. The molecule has 0 radical (unpaired) electrons. The van der Waals surface area contributed by atoms with Crippen LogP contribution in [0.2, 0.25) is 0 Å². The lowest BCUT2D eigenvalue weighted by atomic mass is 10.7. The first-order valence-corrected chi connectivity index (χ1v) is 3.89. The molecular weight excluding hydrogens is 203 g/mol. The van der Waals surface area contributed by atoms with E-state index in [-0.39, 0.29) is 10.4 Å². The minimum atomic E-state index is -0.957. The molecule has 0 aliphatic rings. The summed E-state index contributed by atoms with van der Waals surface area (Å²) in [4.78, 5) is 10.7. The number of ether oxygens (including phenoxy) is 2. The van der Waals surface area contributed by atoms with Gasteiger partial charge in [0.15, 0.2) is 10.4 Å². The SMILES string of the molecule is CC=C(Cl)OC(=O)OC(Cl)=CC. The summed E-state index contributed by atoms with van der Waals surface area (Å²) in [7, 11) is 0. The molecule has 0 saturated heterocycles. The van der Waals surface area contributed by atoms with Crippen molar-refractivity contribution in [2.24, 2.45) is 0 Å². The van der Waals surface area contributed by atoms with Crippen LogP contribution in [0.15, 0.2) is 22.6 Å². The van der Waals surface area contributed by atoms with E-state index < -0.39 is 6.16 Å². The largest absolute Gasteiger partial charge is 0.521 e. The molecule has 3 nitrogen and oxygen atoms in total. The van der Waals surface area contributed by atoms with Gasteiger partial charge in [0.25, 0.3) is 0 Å². The highest BCUT2D eigenvalue weighted by Crippen LogP contribution is 2.09. The number of carbonyl (C=O) groups is 1. The zero-order valence-corrected chi connectivity index (χ0v) is 8.15. The molecule has 0 rings (SSSR count). The maximum Gasteiger partial charge on any atom is 0.521 e. The van der Waals surface area contributed by atoms with Crippen LogP contribution in [-0.2, 0) is 9.47 Å². The van der Waals surface area contributed by atoms with Crippen molar-refractivity contribution in [3.05, 3.63) is 22.6 Å². The molecule has 0 atom stereocenters. The first kappa shape index (κ1) is 11.3. The lowest BCUT2D eigenvalue weighted by molar-refractivity contribution is 0.113. The van der Waals surface area contributed by atoms with E-state index >= 15 is 0 Å². The molecular formula is C7H8Cl2O3. The molecule has 0 aromatic carbocycles. The summed E-state index contributed by atoms with van der Waals surface area (Å²) in [5, 5.41) is -0.110. The Morgan fingerprint density at radius 1 is 1.08 bits per heavy atom. The van der Waals surface area contributed by atoms with Crippen LogP contribution in [0.25, 0.3) is 0 Å². The van der Waals surface area contributed by atoms with Gasteiger partial charge in [-0.05, 0) is 49.2 Å². The lowest BCUT2D eigenvalue weighted by Crippen LogP contribution is -2.02. The third-order valence-electron chi connectivity index (χ3n) is 0.816. The normalized spacial score (nSPS) is 12.7. The summed E-state index contributed by atoms with van der Waals surface area (Å²) in [6, 6.07) is 0. The Morgan fingerprint density at radius 2 is 1.42 bits per heavy atom. The molecule has 5 heteroatoms. The van der Waals surface area contributed by atoms with E-state index in [2.05, 4.69) is 9.47 Å². The van der Waals surface area contributed by atoms with E-state index in [0.717, 1.165) is 0 Å². The summed E-state index contributed by atoms with van der Waals surface area (Å²) in [5.41, 5.74) is 0. The Morgan fingerprint density at radius 3 is 1.67 bits per heavy atom. The third-order valence-corrected chi connectivity index (χ3v) is 1.41. The van der Waals surface area contributed by atoms with Crippen LogP contribution in [0.5, 0.6) is 0 Å². The van der Waals surface area contributed by atoms with Gasteiger partial charge in [-0.2, -0.15) is 0 Å². The summed E-state index contributed by atoms with van der Waals surface area (Å²) < 4.78 is 8.82. The molecule has 0 aromatic rings. The molecule has 0 fully saturated rings. The fourth-order valence-electron chi connectivity index (χ4n) is 0.298. The van der Waals surface area contributed by atoms with Crippen molar-refractivity contribution in [2.45, 2.75) is 13.8 Å². The summed E-state index contributed by atoms with van der Waals surface area (Å²) in [5.74, 6) is 0. The van der Waals surface area contributed by atoms with Gasteiger partial charge in [-0.1, -0.05) is 0 Å². The minimum absolute atomic E-state index is 0.0550. The van der Waals surface area contributed by atoms with Gasteiger partial charge < -0.3 is 9.47 Å². The number of hydrogen-bond donors (Lipinski definition) is 0. The zero-order chi connectivity index (χ0) is 9.56. The van der Waals surface area contributed by atoms with Crippen molar-refractivity contribution in [1.82, 2.24) is 0 Å². The molecule has 0 spiro atoms. The third kappa shape index (κ3) is 5.04. The monoisotopic (exact) mass is 210 g/mol. The second-order valence-electron chi connectivity index (χ2n) is 1.64. The Bertz CT molecular complexity index is 199. The average Bonchev–Trinajstić information content (AvgIpc) is 2.03. The van der Waals surface area contributed by atoms with E-state index in [4.69, 9.17) is 23.2 Å². The smallest absolute Gasteiger partial charge is 0.383 e. The first-order valence-electron chi connectivity index (χ1n) is 3.13. The van der Waals surface area contributed by atoms with Crippen LogP contribution in [0.4, 0.5) is 4.79 Å². The van der Waals surface area contributed by atoms with Crippen molar-refractivity contribution >= 4 is 29.4 Å². The van der Waals surface area contributed by atoms with Crippen LogP contribution in [-0.4, -0.2) is 6.16 Å². The number of halogens is 2. The molecule has 0 aliphatic carbocycles. The predicted octanol–water partition coefficient (Wildman–Crippen LogP) is 3.34. The average molecular weight is 211 g/mol. The van der Waals surface area contributed by atoms with Crippen LogP contribution in [0.1, 0.15) is 13.8 Å². The van der Waals surface area contributed by atoms with E-state index in [1.807, 2.05) is 0 Å². The summed E-state index contributed by atoms with van der Waals surface area (Å²) in [6.45, 7) is 3.24. The van der Waals surface area contributed by atoms with Gasteiger partial charge in [-0.3, -0.25) is 0 Å². The van der Waals surface area contributed by atoms with Crippen molar-refractivity contribution in [1.29, 1.82) is 0 Å². The number of hydrogen-bond acceptors (Lipinski definition) is 3. The van der Waals surface area contributed by atoms with Crippen LogP contribution >= 0.6 is 23.2 Å². The molecule has 0 heterocycles. The Hall–Kier alpha value is -0.670. The quantitative estimate of drug-likeness (QED) is 0.519. The highest BCUT2D eigenvalue weighted by Gasteiger charge is 2.07. The Kier molecular flexibility index (Phi) is 5.58. The molecule has 0 N–H and O–H groups in total. The fraction of sp³-hybridized carbons (Fsp3) is 0.286. The van der Waals surface area contributed by atoms with Gasteiger partial charge in [0, 0.05) is 0 Å². The Labute approximate surface area is 80.5 Å². The van der Waals surface area contributed by atoms with E-state index in [0.29, 0.717) is 0 Å². The maximum absolute atomic E-state index is 10.7. The number of rotatable bonds is 2. The predicted molar refractivity (Wildman–Crippen MR) is 46.8 cm³/mol. The topological polar surface area (TPSA) is 35.5 Å². The van der Waals surface area contributed by atoms with Gasteiger partial charge in [-0.25, -0.2) is 4.79 Å². The van der Waals surface area contributed by atoms with E-state index in [9.17, 15) is 4.79 Å². The van der Waals surface area contributed by atoms with Crippen LogP contribution in [0.3, 0.4) is 0 Å². The van der Waals surface area contributed by atoms with E-state index in [1.165, 1.54) is 12.2 Å². The Balaban J connectivity index is 3.91. The second-order valence-corrected chi connectivity index (χ2v) is 2.38. The molecule has 12 heavy (non-hydrogen) atoms. The van der Waals surface area contributed by atoms with Gasteiger partial charge in [0.1, 0.15) is 0 Å². The van der Waals surface area contributed by atoms with Crippen molar-refractivity contribution in [3.63, 3.8) is 0 Å². The van der Waals surface area contributed by atoms with Gasteiger partial charge in [0.2, 0.25) is 0 Å². The van der Waals surface area contributed by atoms with Crippen LogP contribution < -0.4 is 0 Å². The minimum Gasteiger partial charge on any atom is -0.383 e. The second kappa shape index (κ2) is 5.91. The standard InChI is InChI=1S/C7H8Cl2O3/c1-3-5(8)11-7(10)12-6(9)4-2/h3-4H,1-2H3. The molecule has 68 valence electrons. The van der Waals surface area contributed by atoms with Crippen molar-refractivity contribution in [3.8, 4) is 0 Å². The number of carbonyl (C=O) groups excluding carboxylic acids is 1. The highest BCUT2D eigenvalue weighted by molar-refractivity contribution is 6.29. The maximum atomic E-state index is 10.7. The molecule has 0 unspecified atom stereocenters. The fourth-order valence-corrected chi connectivity index (χ4v) is 0.424. The molecule has 0 amide bonds. The first-order chi connectivity index (χ1) is 5.60. The molecule has 0 aliphatic heterocycles. The molecule has 0 aromatic heterocycles. The molecule has 0 saturated carbocycles. The van der Waals surface area contributed by atoms with E-state index in [1.54, 1.807) is 13.8 Å². The molecule has 0 bridgehead atoms. The summed E-state index contributed by atoms with van der Waals surface area (Å²) >= 11 is 10.7. The van der Waals surface area contributed by atoms with Gasteiger partial charge in [-0.15, -0.1) is 0 Å². The lowest BCUT2D eigenvalue weighted by Gasteiger charge is -2.01. The highest BCUT2D eigenvalue weighted by atomic mass is 35.5. The van der Waals surface area contributed by atoms with Crippen molar-refractivity contribution in [2.75, 3.05) is 0 Å². The van der Waals surface area contributed by atoms with Crippen molar-refractivity contribution < 1.29 is 14.3 Å².